The number of ether oxygens (including phenoxy) is 4. The number of carbonyl (C=O) groups is 1. The molecule has 0 amide bonds. The first-order valence-electron chi connectivity index (χ1n) is 15.1. The second-order valence-corrected chi connectivity index (χ2v) is 13.8. The summed E-state index contributed by atoms with van der Waals surface area (Å²) in [5.74, 6) is -0.534. The van der Waals surface area contributed by atoms with E-state index < -0.39 is 41.6 Å². The highest BCUT2D eigenvalue weighted by atomic mass is 17.3. The summed E-state index contributed by atoms with van der Waals surface area (Å²) in [6.07, 6.45) is 5.18. The molecule has 0 aromatic carbocycles. The van der Waals surface area contributed by atoms with Crippen molar-refractivity contribution in [2.75, 3.05) is 0 Å². The second-order valence-electron chi connectivity index (χ2n) is 13.8. The van der Waals surface area contributed by atoms with E-state index in [-0.39, 0.29) is 29.6 Å². The quantitative estimate of drug-likeness (QED) is 0.150. The average Bonchev–Trinajstić information content (AvgIpc) is 3.31. The van der Waals surface area contributed by atoms with Gasteiger partial charge >= 0.3 is 5.97 Å². The number of rotatable bonds is 1. The van der Waals surface area contributed by atoms with Crippen molar-refractivity contribution in [3.63, 3.8) is 0 Å². The van der Waals surface area contributed by atoms with E-state index in [1.54, 1.807) is 0 Å². The lowest BCUT2D eigenvalue weighted by atomic mass is 9.59. The fourth-order valence-electron chi connectivity index (χ4n) is 9.11. The van der Waals surface area contributed by atoms with Gasteiger partial charge in [0.25, 0.3) is 0 Å². The zero-order chi connectivity index (χ0) is 28.9. The molecule has 2 aliphatic carbocycles. The van der Waals surface area contributed by atoms with Crippen molar-refractivity contribution in [3.05, 3.63) is 24.3 Å². The molecule has 10 aliphatic rings. The highest BCUT2D eigenvalue weighted by Gasteiger charge is 2.70. The van der Waals surface area contributed by atoms with Crippen LogP contribution in [0, 0.1) is 35.5 Å². The Hall–Kier alpha value is -1.41. The molecule has 228 valence electrons. The number of carbonyl (C=O) groups excluding carboxylic acids is 1. The van der Waals surface area contributed by atoms with Crippen molar-refractivity contribution in [3.8, 4) is 0 Å². The van der Waals surface area contributed by atoms with Crippen LogP contribution in [0.2, 0.25) is 0 Å². The first kappa shape index (κ1) is 28.4. The third kappa shape index (κ3) is 3.93. The van der Waals surface area contributed by atoms with Crippen molar-refractivity contribution in [2.24, 2.45) is 35.5 Å². The molecule has 13 atom stereocenters. The van der Waals surface area contributed by atoms with Crippen LogP contribution in [0.1, 0.15) is 79.1 Å². The zero-order valence-corrected chi connectivity index (χ0v) is 24.3. The maximum atomic E-state index is 12.0. The van der Waals surface area contributed by atoms with Gasteiger partial charge in [-0.15, -0.1) is 0 Å². The standard InChI is InChI=1S/C15H22O6.C15H20O5/c1-8-4-5-11-9(2)12(19-16)17-13-15(11)10(8)6-7-14(3,18-13)20-21-15;1-8-4-5-11-9(2)12(16)17-13-15(11)10(8)6-7-14(3,18-13)19-20-15/h8,10-13,16H,2,4-7H2,1,3H3;8,10-11,13H,2,4-7H2,1,3H3/t8?,10?,11?,12-,13?,14+,15?;8?,10?,11?,13?,14-,15?/m10/s1. The Morgan fingerprint density at radius 1 is 0.780 bits per heavy atom. The summed E-state index contributed by atoms with van der Waals surface area (Å²) in [6, 6.07) is 0. The summed E-state index contributed by atoms with van der Waals surface area (Å²) >= 11 is 0. The Balaban J connectivity index is 0.000000135. The molecule has 0 aromatic heterocycles. The highest BCUT2D eigenvalue weighted by molar-refractivity contribution is 5.89. The minimum atomic E-state index is -0.869. The van der Waals surface area contributed by atoms with Gasteiger partial charge in [0.2, 0.25) is 24.2 Å². The van der Waals surface area contributed by atoms with E-state index >= 15 is 0 Å². The molecule has 8 saturated heterocycles. The maximum absolute atomic E-state index is 12.0. The average molecular weight is 579 g/mol. The summed E-state index contributed by atoms with van der Waals surface area (Å²) in [6.45, 7) is 16.2. The lowest BCUT2D eigenvalue weighted by Crippen LogP contribution is -2.69. The Bertz CT molecular complexity index is 1130. The Morgan fingerprint density at radius 2 is 1.32 bits per heavy atom. The van der Waals surface area contributed by atoms with E-state index in [0.717, 1.165) is 51.4 Å². The van der Waals surface area contributed by atoms with Crippen LogP contribution in [0.3, 0.4) is 0 Å². The van der Waals surface area contributed by atoms with Crippen LogP contribution in [0.25, 0.3) is 0 Å². The van der Waals surface area contributed by atoms with Crippen molar-refractivity contribution >= 4 is 5.97 Å². The van der Waals surface area contributed by atoms with Gasteiger partial charge in [0.15, 0.2) is 17.5 Å². The van der Waals surface area contributed by atoms with Gasteiger partial charge in [0.05, 0.1) is 0 Å². The molecule has 8 aliphatic heterocycles. The number of fused-ring (bicyclic) bond motifs is 4. The lowest BCUT2D eigenvalue weighted by molar-refractivity contribution is -0.573. The molecule has 4 bridgehead atoms. The van der Waals surface area contributed by atoms with E-state index in [1.165, 1.54) is 0 Å². The fourth-order valence-corrected chi connectivity index (χ4v) is 9.11. The van der Waals surface area contributed by atoms with Crippen molar-refractivity contribution in [1.29, 1.82) is 0 Å². The van der Waals surface area contributed by atoms with Crippen LogP contribution in [-0.4, -0.2) is 52.9 Å². The minimum Gasteiger partial charge on any atom is -0.429 e. The smallest absolute Gasteiger partial charge is 0.336 e. The number of hydrogen-bond donors (Lipinski definition) is 1. The first-order chi connectivity index (χ1) is 19.5. The molecule has 41 heavy (non-hydrogen) atoms. The van der Waals surface area contributed by atoms with E-state index in [2.05, 4.69) is 31.9 Å². The maximum Gasteiger partial charge on any atom is 0.336 e. The Morgan fingerprint density at radius 3 is 1.90 bits per heavy atom. The zero-order valence-electron chi connectivity index (χ0n) is 24.3. The largest absolute Gasteiger partial charge is 0.429 e. The topological polar surface area (TPSA) is 120 Å². The van der Waals surface area contributed by atoms with Gasteiger partial charge in [-0.1, -0.05) is 27.0 Å². The van der Waals surface area contributed by atoms with Gasteiger partial charge in [-0.25, -0.2) is 34.5 Å². The van der Waals surface area contributed by atoms with E-state index in [0.29, 0.717) is 23.0 Å². The van der Waals surface area contributed by atoms with Crippen LogP contribution in [-0.2, 0) is 48.2 Å². The summed E-state index contributed by atoms with van der Waals surface area (Å²) in [4.78, 5) is 39.5. The fraction of sp³-hybridized carbons (Fsp3) is 0.833. The third-order valence-electron chi connectivity index (χ3n) is 11.4. The summed E-state index contributed by atoms with van der Waals surface area (Å²) < 4.78 is 23.3. The molecule has 8 heterocycles. The van der Waals surface area contributed by atoms with Gasteiger partial charge < -0.3 is 18.9 Å². The predicted molar refractivity (Wildman–Crippen MR) is 139 cm³/mol. The van der Waals surface area contributed by atoms with Gasteiger partial charge in [-0.2, -0.15) is 0 Å². The van der Waals surface area contributed by atoms with E-state index in [4.69, 9.17) is 43.8 Å². The molecule has 1 N–H and O–H groups in total. The first-order valence-corrected chi connectivity index (χ1v) is 15.1. The molecule has 10 unspecified atom stereocenters. The molecule has 0 radical (unpaired) electrons. The second kappa shape index (κ2) is 9.54. The lowest BCUT2D eigenvalue weighted by Gasteiger charge is -2.58. The number of hydrogen-bond acceptors (Lipinski definition) is 11. The van der Waals surface area contributed by atoms with Crippen molar-refractivity contribution in [2.45, 2.75) is 121 Å². The minimum absolute atomic E-state index is 0.00255. The monoisotopic (exact) mass is 578 g/mol. The molecular weight excluding hydrogens is 536 g/mol. The highest BCUT2D eigenvalue weighted by Crippen LogP contribution is 2.61. The van der Waals surface area contributed by atoms with Gasteiger partial charge in [0.1, 0.15) is 0 Å². The molecule has 10 rings (SSSR count). The van der Waals surface area contributed by atoms with E-state index in [9.17, 15) is 4.79 Å². The van der Waals surface area contributed by atoms with Crippen LogP contribution in [0.15, 0.2) is 24.3 Å². The Kier molecular flexibility index (Phi) is 6.60. The van der Waals surface area contributed by atoms with Crippen LogP contribution in [0.5, 0.6) is 0 Å². The summed E-state index contributed by atoms with van der Waals surface area (Å²) in [7, 11) is 0. The van der Waals surface area contributed by atoms with Crippen LogP contribution < -0.4 is 0 Å². The van der Waals surface area contributed by atoms with Crippen molar-refractivity contribution < 1.29 is 53.4 Å². The van der Waals surface area contributed by atoms with Gasteiger partial charge in [0, 0.05) is 36.2 Å². The van der Waals surface area contributed by atoms with Gasteiger partial charge in [-0.3, -0.25) is 0 Å². The molecule has 10 fully saturated rings. The molecule has 11 nitrogen and oxygen atoms in total. The van der Waals surface area contributed by atoms with Crippen LogP contribution in [0.4, 0.5) is 0 Å². The Labute approximate surface area is 240 Å². The van der Waals surface area contributed by atoms with E-state index in [1.807, 2.05) is 13.8 Å². The summed E-state index contributed by atoms with van der Waals surface area (Å²) in [5, 5.41) is 9.09. The molecule has 2 saturated carbocycles. The molecule has 11 heteroatoms. The normalized spacial score (nSPS) is 55.0. The third-order valence-corrected chi connectivity index (χ3v) is 11.4. The predicted octanol–water partition coefficient (Wildman–Crippen LogP) is 4.92. The van der Waals surface area contributed by atoms with Gasteiger partial charge in [-0.05, 0) is 75.7 Å². The molecule has 0 aromatic rings. The molecule has 2 spiro atoms. The summed E-state index contributed by atoms with van der Waals surface area (Å²) in [5.41, 5.74) is -0.197. The van der Waals surface area contributed by atoms with Crippen LogP contribution >= 0.6 is 0 Å². The van der Waals surface area contributed by atoms with Crippen molar-refractivity contribution in [1.82, 2.24) is 0 Å². The SMILES string of the molecule is C=C1C(=O)OC2O[C@]3(C)CCC4C(C)CCC1C24OO3.C=C1C2CCC(C)C3CC[C@]4(C)OOC23C(O[C@@H]1OO)O4. The number of esters is 1. The molecular formula is C30H42O11.